The van der Waals surface area contributed by atoms with E-state index in [-0.39, 0.29) is 11.6 Å². The van der Waals surface area contributed by atoms with Gasteiger partial charge in [0.05, 0.1) is 0 Å². The van der Waals surface area contributed by atoms with Crippen LogP contribution < -0.4 is 15.2 Å². The van der Waals surface area contributed by atoms with Crippen molar-refractivity contribution in [3.05, 3.63) is 23.5 Å². The molecule has 0 saturated heterocycles. The topological polar surface area (TPSA) is 44.5 Å². The lowest BCUT2D eigenvalue weighted by Gasteiger charge is -2.34. The molecule has 0 aromatic heterocycles. The minimum absolute atomic E-state index is 0.226. The molecule has 1 aliphatic carbocycles. The number of fused-ring (bicyclic) bond motifs is 1. The Morgan fingerprint density at radius 1 is 1.06 bits per heavy atom. The molecule has 0 amide bonds. The first-order valence-electron chi connectivity index (χ1n) is 6.58. The van der Waals surface area contributed by atoms with Crippen LogP contribution in [0.25, 0.3) is 0 Å². The van der Waals surface area contributed by atoms with Gasteiger partial charge in [0, 0.05) is 5.54 Å². The van der Waals surface area contributed by atoms with Crippen LogP contribution in [-0.2, 0) is 5.54 Å². The molecule has 0 spiro atoms. The summed E-state index contributed by atoms with van der Waals surface area (Å²) >= 11 is 0. The highest BCUT2D eigenvalue weighted by Crippen LogP contribution is 2.41. The highest BCUT2D eigenvalue weighted by atomic mass is 19.1. The van der Waals surface area contributed by atoms with Crippen LogP contribution in [0.5, 0.6) is 11.5 Å². The Bertz CT molecular complexity index is 455. The zero-order valence-corrected chi connectivity index (χ0v) is 10.4. The summed E-state index contributed by atoms with van der Waals surface area (Å²) < 4.78 is 24.7. The summed E-state index contributed by atoms with van der Waals surface area (Å²) in [6.07, 6.45) is 5.24. The smallest absolute Gasteiger partial charge is 0.197 e. The summed E-state index contributed by atoms with van der Waals surface area (Å²) in [4.78, 5) is 0. The van der Waals surface area contributed by atoms with Gasteiger partial charge in [-0.05, 0) is 30.5 Å². The number of hydrogen-bond acceptors (Lipinski definition) is 3. The number of rotatable bonds is 1. The van der Waals surface area contributed by atoms with E-state index >= 15 is 0 Å². The molecule has 1 aromatic carbocycles. The van der Waals surface area contributed by atoms with Crippen molar-refractivity contribution in [2.75, 3.05) is 13.2 Å². The van der Waals surface area contributed by atoms with Crippen LogP contribution in [0.3, 0.4) is 0 Å². The van der Waals surface area contributed by atoms with Gasteiger partial charge in [-0.2, -0.15) is 0 Å². The van der Waals surface area contributed by atoms with E-state index in [2.05, 4.69) is 0 Å². The Balaban J connectivity index is 1.99. The summed E-state index contributed by atoms with van der Waals surface area (Å²) in [5.74, 6) is 0.355. The van der Waals surface area contributed by atoms with Crippen LogP contribution in [0.2, 0.25) is 0 Å². The Hall–Kier alpha value is -1.29. The van der Waals surface area contributed by atoms with Crippen LogP contribution in [0.4, 0.5) is 4.39 Å². The quantitative estimate of drug-likeness (QED) is 0.834. The maximum atomic E-state index is 14.0. The van der Waals surface area contributed by atoms with E-state index in [1.165, 1.54) is 12.5 Å². The average Bonchev–Trinajstić information content (AvgIpc) is 2.39. The monoisotopic (exact) mass is 251 g/mol. The Morgan fingerprint density at radius 3 is 2.56 bits per heavy atom. The number of benzene rings is 1. The summed E-state index contributed by atoms with van der Waals surface area (Å²) in [5.41, 5.74) is 6.85. The van der Waals surface area contributed by atoms with Gasteiger partial charge >= 0.3 is 0 Å². The molecule has 2 N–H and O–H groups in total. The molecule has 3 nitrogen and oxygen atoms in total. The summed E-state index contributed by atoms with van der Waals surface area (Å²) in [7, 11) is 0. The van der Waals surface area contributed by atoms with Crippen LogP contribution in [0.15, 0.2) is 12.1 Å². The molecule has 0 unspecified atom stereocenters. The van der Waals surface area contributed by atoms with Crippen molar-refractivity contribution in [2.45, 2.75) is 37.6 Å². The van der Waals surface area contributed by atoms with Crippen LogP contribution >= 0.6 is 0 Å². The Labute approximate surface area is 106 Å². The lowest BCUT2D eigenvalue weighted by molar-refractivity contribution is 0.163. The molecule has 98 valence electrons. The Kier molecular flexibility index (Phi) is 2.90. The van der Waals surface area contributed by atoms with Crippen molar-refractivity contribution < 1.29 is 13.9 Å². The van der Waals surface area contributed by atoms with Crippen molar-refractivity contribution in [1.82, 2.24) is 0 Å². The van der Waals surface area contributed by atoms with Gasteiger partial charge in [-0.25, -0.2) is 4.39 Å². The van der Waals surface area contributed by atoms with Gasteiger partial charge in [0.2, 0.25) is 0 Å². The summed E-state index contributed by atoms with van der Waals surface area (Å²) in [6.45, 7) is 0.866. The van der Waals surface area contributed by atoms with Crippen LogP contribution in [0.1, 0.15) is 37.7 Å². The second-order valence-electron chi connectivity index (χ2n) is 5.20. The highest BCUT2D eigenvalue weighted by Gasteiger charge is 2.32. The number of ether oxygens (including phenoxy) is 2. The lowest BCUT2D eigenvalue weighted by atomic mass is 9.77. The van der Waals surface area contributed by atoms with Crippen molar-refractivity contribution >= 4 is 0 Å². The van der Waals surface area contributed by atoms with Crippen LogP contribution in [-0.4, -0.2) is 13.2 Å². The normalized spacial score (nSPS) is 21.7. The molecule has 1 aromatic rings. The second kappa shape index (κ2) is 4.43. The van der Waals surface area contributed by atoms with Gasteiger partial charge in [0.1, 0.15) is 13.2 Å². The maximum Gasteiger partial charge on any atom is 0.197 e. The van der Waals surface area contributed by atoms with E-state index in [1.54, 1.807) is 0 Å². The molecule has 0 bridgehead atoms. The third kappa shape index (κ3) is 1.94. The zero-order chi connectivity index (χ0) is 12.6. The molecule has 18 heavy (non-hydrogen) atoms. The van der Waals surface area contributed by atoms with Crippen molar-refractivity contribution in [2.24, 2.45) is 5.73 Å². The standard InChI is InChI=1S/C14H18FNO2/c15-11-8-10(14(16)4-2-1-3-5-14)9-12-13(11)18-7-6-17-12/h8-9H,1-7,16H2. The van der Waals surface area contributed by atoms with E-state index in [0.29, 0.717) is 19.0 Å². The number of hydrogen-bond donors (Lipinski definition) is 1. The van der Waals surface area contributed by atoms with E-state index < -0.39 is 5.54 Å². The molecule has 1 heterocycles. The van der Waals surface area contributed by atoms with E-state index in [4.69, 9.17) is 15.2 Å². The van der Waals surface area contributed by atoms with E-state index in [0.717, 1.165) is 31.2 Å². The molecule has 2 aliphatic rings. The zero-order valence-electron chi connectivity index (χ0n) is 10.4. The van der Waals surface area contributed by atoms with Gasteiger partial charge in [-0.3, -0.25) is 0 Å². The molecule has 3 rings (SSSR count). The maximum absolute atomic E-state index is 14.0. The minimum atomic E-state index is -0.408. The second-order valence-corrected chi connectivity index (χ2v) is 5.20. The highest BCUT2D eigenvalue weighted by molar-refractivity contribution is 5.47. The van der Waals surface area contributed by atoms with E-state index in [1.807, 2.05) is 6.07 Å². The fourth-order valence-electron chi connectivity index (χ4n) is 2.87. The molecular weight excluding hydrogens is 233 g/mol. The SMILES string of the molecule is NC1(c2cc(F)c3c(c2)OCCO3)CCCCC1. The third-order valence-electron chi connectivity index (χ3n) is 3.92. The molecule has 1 aliphatic heterocycles. The minimum Gasteiger partial charge on any atom is -0.486 e. The first-order chi connectivity index (χ1) is 8.69. The lowest BCUT2D eigenvalue weighted by Crippen LogP contribution is -2.38. The third-order valence-corrected chi connectivity index (χ3v) is 3.92. The Morgan fingerprint density at radius 2 is 1.78 bits per heavy atom. The van der Waals surface area contributed by atoms with Crippen molar-refractivity contribution in [3.63, 3.8) is 0 Å². The summed E-state index contributed by atoms with van der Waals surface area (Å²) in [5, 5.41) is 0. The molecule has 1 fully saturated rings. The van der Waals surface area contributed by atoms with Gasteiger partial charge < -0.3 is 15.2 Å². The van der Waals surface area contributed by atoms with Gasteiger partial charge in [0.15, 0.2) is 17.3 Å². The molecular formula is C14H18FNO2. The first kappa shape index (κ1) is 11.8. The fourth-order valence-corrected chi connectivity index (χ4v) is 2.87. The first-order valence-corrected chi connectivity index (χ1v) is 6.58. The number of nitrogens with two attached hydrogens (primary N) is 1. The largest absolute Gasteiger partial charge is 0.486 e. The fraction of sp³-hybridized carbons (Fsp3) is 0.571. The van der Waals surface area contributed by atoms with Gasteiger partial charge in [-0.15, -0.1) is 0 Å². The van der Waals surface area contributed by atoms with E-state index in [9.17, 15) is 4.39 Å². The predicted molar refractivity (Wildman–Crippen MR) is 66.3 cm³/mol. The van der Waals surface area contributed by atoms with Gasteiger partial charge in [0.25, 0.3) is 0 Å². The predicted octanol–water partition coefficient (Wildman–Crippen LogP) is 2.72. The molecule has 0 atom stereocenters. The number of halogens is 1. The molecule has 4 heteroatoms. The molecule has 1 saturated carbocycles. The average molecular weight is 251 g/mol. The summed E-state index contributed by atoms with van der Waals surface area (Å²) in [6, 6.07) is 3.36. The van der Waals surface area contributed by atoms with Gasteiger partial charge in [-0.1, -0.05) is 19.3 Å². The van der Waals surface area contributed by atoms with Crippen molar-refractivity contribution in [1.29, 1.82) is 0 Å². The van der Waals surface area contributed by atoms with Crippen LogP contribution in [0, 0.1) is 5.82 Å². The van der Waals surface area contributed by atoms with Crippen molar-refractivity contribution in [3.8, 4) is 11.5 Å². The molecule has 0 radical (unpaired) electrons.